The lowest BCUT2D eigenvalue weighted by Gasteiger charge is -2.48. The molecule has 1 spiro atoms. The number of benzene rings is 1. The van der Waals surface area contributed by atoms with E-state index in [0.717, 1.165) is 9.80 Å². The summed E-state index contributed by atoms with van der Waals surface area (Å²) in [6, 6.07) is -3.32. The summed E-state index contributed by atoms with van der Waals surface area (Å²) in [5.41, 5.74) is 4.67. The number of rotatable bonds is 4. The number of hydrogen-bond donors (Lipinski definition) is 6. The number of urea groups is 1. The number of aliphatic imine (C=N–C) groups is 2. The Morgan fingerprint density at radius 3 is 2.39 bits per heavy atom. The topological polar surface area (TPSA) is 208 Å². The lowest BCUT2D eigenvalue weighted by Crippen LogP contribution is -2.77. The van der Waals surface area contributed by atoms with Gasteiger partial charge in [-0.05, 0) is 18.2 Å². The summed E-state index contributed by atoms with van der Waals surface area (Å²) in [6.45, 7) is -1.51. The maximum Gasteiger partial charge on any atom is 0.417 e. The van der Waals surface area contributed by atoms with Crippen LogP contribution < -0.4 is 22.1 Å². The summed E-state index contributed by atoms with van der Waals surface area (Å²) in [7, 11) is 0. The second-order valence-corrected chi connectivity index (χ2v) is 9.55. The van der Waals surface area contributed by atoms with Gasteiger partial charge in [0, 0.05) is 0 Å². The molecule has 4 heterocycles. The number of nitrogens with two attached hydrogens (primary N) is 2. The van der Waals surface area contributed by atoms with Gasteiger partial charge in [0.25, 0.3) is 0 Å². The third-order valence-electron chi connectivity index (χ3n) is 7.18. The SMILES string of the molecule is NC1=N[C@H]2C(CN3C(=O)CNC3=O)N=C(N)N3CC(OC(=O)c4cc(C(F)(F)F)ccc4C(F)(F)F)C(O)(O)[C@]23N1. The highest BCUT2D eigenvalue weighted by Crippen LogP contribution is 2.46. The third kappa shape index (κ3) is 4.24. The van der Waals surface area contributed by atoms with Crippen molar-refractivity contribution in [1.82, 2.24) is 20.4 Å². The van der Waals surface area contributed by atoms with E-state index in [-0.39, 0.29) is 24.7 Å². The van der Waals surface area contributed by atoms with E-state index in [9.17, 15) is 50.9 Å². The molecule has 4 atom stereocenters. The first kappa shape index (κ1) is 28.2. The zero-order chi connectivity index (χ0) is 30.3. The molecule has 20 heteroatoms. The number of amides is 3. The Bertz CT molecular complexity index is 1380. The number of alkyl halides is 6. The van der Waals surface area contributed by atoms with Crippen LogP contribution >= 0.6 is 0 Å². The monoisotopic (exact) mass is 594 g/mol. The van der Waals surface area contributed by atoms with Crippen molar-refractivity contribution in [2.75, 3.05) is 19.6 Å². The number of hydrogen-bond acceptors (Lipinski definition) is 12. The normalized spacial score (nSPS) is 28.9. The van der Waals surface area contributed by atoms with E-state index < -0.39 is 102 Å². The van der Waals surface area contributed by atoms with Crippen molar-refractivity contribution in [3.05, 3.63) is 34.9 Å². The van der Waals surface area contributed by atoms with E-state index in [4.69, 9.17) is 16.2 Å². The molecule has 1 aromatic carbocycles. The van der Waals surface area contributed by atoms with E-state index >= 15 is 0 Å². The lowest BCUT2D eigenvalue weighted by atomic mass is 9.85. The summed E-state index contributed by atoms with van der Waals surface area (Å²) in [6.07, 6.45) is -12.5. The molecule has 5 rings (SSSR count). The number of aliphatic hydroxyl groups is 2. The number of carbonyl (C=O) groups is 3. The van der Waals surface area contributed by atoms with Gasteiger partial charge in [-0.2, -0.15) is 26.3 Å². The standard InChI is InChI=1S/C21H20F6N8O6/c22-20(23,24)7-1-2-9(21(25,26)27)8(3-7)14(37)41-11-6-35-16(29)31-10(5-34-12(36)4-30-17(34)38)13-18(35,19(11,39)40)33-15(28)32-13/h1-3,10-11,13,39-40H,4-6H2,(H2,29,31)(H,30,38)(H3,28,32,33)/t10?,11?,13-,18-/m0/s1. The van der Waals surface area contributed by atoms with Gasteiger partial charge in [0.05, 0.1) is 42.4 Å². The maximum absolute atomic E-state index is 13.6. The van der Waals surface area contributed by atoms with Gasteiger partial charge in [0.2, 0.25) is 11.7 Å². The summed E-state index contributed by atoms with van der Waals surface area (Å²) in [4.78, 5) is 47.0. The highest BCUT2D eigenvalue weighted by molar-refractivity contribution is 6.02. The van der Waals surface area contributed by atoms with E-state index in [0.29, 0.717) is 0 Å². The van der Waals surface area contributed by atoms with Gasteiger partial charge in [-0.1, -0.05) is 0 Å². The molecule has 2 unspecified atom stereocenters. The van der Waals surface area contributed by atoms with E-state index in [2.05, 4.69) is 20.6 Å². The number of imide groups is 1. The molecular formula is C21H20F6N8O6. The molecule has 4 aliphatic heterocycles. The van der Waals surface area contributed by atoms with Gasteiger partial charge in [0.1, 0.15) is 6.04 Å². The smallest absolute Gasteiger partial charge is 0.417 e. The molecule has 41 heavy (non-hydrogen) atoms. The van der Waals surface area contributed by atoms with Gasteiger partial charge in [-0.15, -0.1) is 0 Å². The van der Waals surface area contributed by atoms with E-state index in [1.165, 1.54) is 0 Å². The van der Waals surface area contributed by atoms with Crippen LogP contribution in [0.1, 0.15) is 21.5 Å². The zero-order valence-electron chi connectivity index (χ0n) is 20.3. The fourth-order valence-electron chi connectivity index (χ4n) is 5.33. The Morgan fingerprint density at radius 1 is 1.12 bits per heavy atom. The lowest BCUT2D eigenvalue weighted by molar-refractivity contribution is -0.256. The van der Waals surface area contributed by atoms with Gasteiger partial charge in [0.15, 0.2) is 23.7 Å². The second kappa shape index (κ2) is 8.83. The van der Waals surface area contributed by atoms with Crippen LogP contribution in [0.4, 0.5) is 31.1 Å². The summed E-state index contributed by atoms with van der Waals surface area (Å²) in [5.74, 6) is -6.71. The Kier molecular flexibility index (Phi) is 6.08. The zero-order valence-corrected chi connectivity index (χ0v) is 20.3. The molecule has 0 radical (unpaired) electrons. The number of nitrogens with one attached hydrogen (secondary N) is 2. The number of halogens is 6. The first-order chi connectivity index (χ1) is 18.9. The molecule has 14 nitrogen and oxygen atoms in total. The highest BCUT2D eigenvalue weighted by Gasteiger charge is 2.74. The predicted octanol–water partition coefficient (Wildman–Crippen LogP) is -1.52. The largest absolute Gasteiger partial charge is 0.451 e. The van der Waals surface area contributed by atoms with Crippen LogP contribution in [0.5, 0.6) is 0 Å². The van der Waals surface area contributed by atoms with Gasteiger partial charge in [-0.25, -0.2) is 19.6 Å². The molecule has 0 aromatic heterocycles. The van der Waals surface area contributed by atoms with Gasteiger partial charge in [-0.3, -0.25) is 9.69 Å². The molecule has 3 amide bonds. The summed E-state index contributed by atoms with van der Waals surface area (Å²) >= 11 is 0. The summed E-state index contributed by atoms with van der Waals surface area (Å²) < 4.78 is 85.3. The highest BCUT2D eigenvalue weighted by atomic mass is 19.4. The van der Waals surface area contributed by atoms with Crippen molar-refractivity contribution in [1.29, 1.82) is 0 Å². The Balaban J connectivity index is 1.49. The minimum Gasteiger partial charge on any atom is -0.451 e. The molecule has 0 aliphatic carbocycles. The van der Waals surface area contributed by atoms with Crippen molar-refractivity contribution in [2.45, 2.75) is 42.0 Å². The van der Waals surface area contributed by atoms with Crippen LogP contribution in [-0.4, -0.2) is 99.1 Å². The van der Waals surface area contributed by atoms with Crippen LogP contribution in [0.2, 0.25) is 0 Å². The first-order valence-electron chi connectivity index (χ1n) is 11.6. The summed E-state index contributed by atoms with van der Waals surface area (Å²) in [5, 5.41) is 27.4. The third-order valence-corrected chi connectivity index (χ3v) is 7.18. The molecule has 2 saturated heterocycles. The maximum atomic E-state index is 13.6. The van der Waals surface area contributed by atoms with Crippen LogP contribution in [0.3, 0.4) is 0 Å². The minimum atomic E-state index is -5.27. The molecule has 0 saturated carbocycles. The van der Waals surface area contributed by atoms with Gasteiger partial charge >= 0.3 is 24.4 Å². The van der Waals surface area contributed by atoms with Gasteiger partial charge < -0.3 is 42.0 Å². The predicted molar refractivity (Wildman–Crippen MR) is 121 cm³/mol. The quantitative estimate of drug-likeness (QED) is 0.103. The molecule has 2 fully saturated rings. The molecule has 222 valence electrons. The Labute approximate surface area is 224 Å². The first-order valence-corrected chi connectivity index (χ1v) is 11.6. The fraction of sp³-hybridized carbons (Fsp3) is 0.476. The van der Waals surface area contributed by atoms with Crippen molar-refractivity contribution >= 4 is 29.8 Å². The van der Waals surface area contributed by atoms with Crippen LogP contribution in [0.15, 0.2) is 28.2 Å². The minimum absolute atomic E-state index is 0.0509. The van der Waals surface area contributed by atoms with Crippen LogP contribution in [0, 0.1) is 0 Å². The number of nitrogens with zero attached hydrogens (tertiary/aromatic N) is 4. The van der Waals surface area contributed by atoms with Crippen molar-refractivity contribution < 1.29 is 55.7 Å². The average molecular weight is 594 g/mol. The van der Waals surface area contributed by atoms with Crippen molar-refractivity contribution in [3.8, 4) is 0 Å². The number of ether oxygens (including phenoxy) is 1. The van der Waals surface area contributed by atoms with Crippen LogP contribution in [0.25, 0.3) is 0 Å². The number of carbonyl (C=O) groups excluding carboxylic acids is 3. The van der Waals surface area contributed by atoms with Crippen LogP contribution in [-0.2, 0) is 21.9 Å². The van der Waals surface area contributed by atoms with Crippen molar-refractivity contribution in [2.24, 2.45) is 21.5 Å². The number of guanidine groups is 2. The number of esters is 1. The molecule has 1 aromatic rings. The molecular weight excluding hydrogens is 574 g/mol. The van der Waals surface area contributed by atoms with Crippen molar-refractivity contribution in [3.63, 3.8) is 0 Å². The van der Waals surface area contributed by atoms with E-state index in [1.807, 2.05) is 0 Å². The molecule has 0 bridgehead atoms. The Hall–Kier alpha value is -4.33. The molecule has 8 N–H and O–H groups in total. The fourth-order valence-corrected chi connectivity index (χ4v) is 5.33. The Morgan fingerprint density at radius 2 is 1.80 bits per heavy atom. The second-order valence-electron chi connectivity index (χ2n) is 9.55. The van der Waals surface area contributed by atoms with E-state index in [1.54, 1.807) is 0 Å². The average Bonchev–Trinajstić information content (AvgIpc) is 3.45. The molecule has 4 aliphatic rings.